The van der Waals surface area contributed by atoms with Crippen molar-refractivity contribution in [1.29, 1.82) is 0 Å². The molecule has 0 saturated heterocycles. The van der Waals surface area contributed by atoms with Gasteiger partial charge in [-0.25, -0.2) is 8.42 Å². The van der Waals surface area contributed by atoms with Crippen LogP contribution in [0.2, 0.25) is 0 Å². The summed E-state index contributed by atoms with van der Waals surface area (Å²) in [7, 11) is -9.03. The van der Waals surface area contributed by atoms with E-state index in [-0.39, 0.29) is 64.2 Å². The smallest absolute Gasteiger partial charge is 0.716 e. The van der Waals surface area contributed by atoms with Crippen LogP contribution in [0.25, 0.3) is 0 Å². The summed E-state index contributed by atoms with van der Waals surface area (Å²) < 4.78 is 69.8. The largest absolute Gasteiger partial charge is 1.00 e. The van der Waals surface area contributed by atoms with Crippen molar-refractivity contribution in [3.8, 4) is 0 Å². The molecule has 4 rings (SSSR count). The Bertz CT molecular complexity index is 1230. The summed E-state index contributed by atoms with van der Waals surface area (Å²) in [4.78, 5) is 13.8. The van der Waals surface area contributed by atoms with Crippen molar-refractivity contribution in [1.82, 2.24) is 4.90 Å². The molecule has 4 aliphatic rings. The van der Waals surface area contributed by atoms with Gasteiger partial charge in [0.05, 0.1) is 5.75 Å². The van der Waals surface area contributed by atoms with Gasteiger partial charge in [-0.15, -0.1) is 0 Å². The number of carbonyl (C=O) groups excluding carboxylic acids is 1. The zero-order valence-electron chi connectivity index (χ0n) is 23.9. The van der Waals surface area contributed by atoms with Gasteiger partial charge in [0.1, 0.15) is 6.26 Å². The zero-order valence-corrected chi connectivity index (χ0v) is 27.6. The molecule has 1 aliphatic heterocycles. The van der Waals surface area contributed by atoms with Gasteiger partial charge in [-0.05, 0) is 96.5 Å². The van der Waals surface area contributed by atoms with E-state index in [1.54, 1.807) is 0 Å². The summed E-state index contributed by atoms with van der Waals surface area (Å²) >= 11 is 0. The standard InChI is InChI=1S/C27H43NO8S2.Na/c1-25(2)11-5-12-27(4)22(25)10-13-26(3)21(20(7-9-23(26)27)18-36-38(33,34)35)8-6-19-16-24(29)28(17-19)14-15-37(30,31)32;/h16,18,21-23H,5-15,17H2,1-4H3,(H,30,31,32)(H,33,34,35);/q;+1/p-1/b20-18+;/t21-,22-,23-,26+,27-;/m0./s1. The average molecular weight is 596 g/mol. The molecule has 3 saturated carbocycles. The number of hydrogen-bond donors (Lipinski definition) is 1. The van der Waals surface area contributed by atoms with Gasteiger partial charge in [0.2, 0.25) is 5.91 Å². The molecule has 9 nitrogen and oxygen atoms in total. The molecule has 5 atom stereocenters. The van der Waals surface area contributed by atoms with Crippen molar-refractivity contribution in [2.45, 2.75) is 85.5 Å². The fraction of sp³-hybridized carbons (Fsp3) is 0.815. The first-order valence-corrected chi connectivity index (χ1v) is 16.7. The maximum Gasteiger partial charge on any atom is 1.00 e. The van der Waals surface area contributed by atoms with E-state index in [1.165, 1.54) is 36.5 Å². The minimum Gasteiger partial charge on any atom is -0.716 e. The Kier molecular flexibility index (Phi) is 9.91. The minimum atomic E-state index is -4.86. The summed E-state index contributed by atoms with van der Waals surface area (Å²) in [5, 5.41) is 0. The number of hydrogen-bond acceptors (Lipinski definition) is 7. The Morgan fingerprint density at radius 3 is 2.41 bits per heavy atom. The van der Waals surface area contributed by atoms with E-state index in [4.69, 9.17) is 4.55 Å². The van der Waals surface area contributed by atoms with E-state index in [9.17, 15) is 26.2 Å². The number of rotatable bonds is 8. The molecule has 0 spiro atoms. The molecule has 0 aromatic carbocycles. The van der Waals surface area contributed by atoms with Gasteiger partial charge in [-0.3, -0.25) is 9.35 Å². The number of fused-ring (bicyclic) bond motifs is 3. The molecule has 12 heteroatoms. The monoisotopic (exact) mass is 595 g/mol. The number of nitrogens with zero attached hydrogens (tertiary/aromatic N) is 1. The van der Waals surface area contributed by atoms with Crippen LogP contribution in [0.1, 0.15) is 85.5 Å². The van der Waals surface area contributed by atoms with Crippen LogP contribution >= 0.6 is 0 Å². The number of amides is 1. The second-order valence-corrected chi connectivity index (χ2v) is 15.8. The summed E-state index contributed by atoms with van der Waals surface area (Å²) in [6.07, 6.45) is 11.3. The molecule has 3 aliphatic carbocycles. The van der Waals surface area contributed by atoms with Crippen LogP contribution in [0.5, 0.6) is 0 Å². The van der Waals surface area contributed by atoms with Gasteiger partial charge in [-0.1, -0.05) is 34.1 Å². The van der Waals surface area contributed by atoms with Crippen molar-refractivity contribution < 1.29 is 64.5 Å². The Labute approximate surface area is 256 Å². The van der Waals surface area contributed by atoms with E-state index in [0.717, 1.165) is 30.4 Å². The van der Waals surface area contributed by atoms with E-state index >= 15 is 0 Å². The van der Waals surface area contributed by atoms with Gasteiger partial charge in [-0.2, -0.15) is 8.42 Å². The molecular weight excluding hydrogens is 553 g/mol. The molecule has 0 aromatic rings. The Hall–Kier alpha value is -0.430. The van der Waals surface area contributed by atoms with E-state index in [2.05, 4.69) is 31.9 Å². The molecule has 0 aromatic heterocycles. The van der Waals surface area contributed by atoms with E-state index in [0.29, 0.717) is 37.6 Å². The third-order valence-electron chi connectivity index (χ3n) is 10.5. The molecule has 1 N–H and O–H groups in total. The minimum absolute atomic E-state index is 0. The van der Waals surface area contributed by atoms with Gasteiger partial charge in [0.15, 0.2) is 0 Å². The first-order valence-electron chi connectivity index (χ1n) is 13.7. The fourth-order valence-corrected chi connectivity index (χ4v) is 9.67. The summed E-state index contributed by atoms with van der Waals surface area (Å²) in [5.41, 5.74) is 2.08. The second kappa shape index (κ2) is 11.7. The van der Waals surface area contributed by atoms with Gasteiger partial charge in [0, 0.05) is 19.2 Å². The molecule has 0 unspecified atom stereocenters. The maximum absolute atomic E-state index is 12.4. The van der Waals surface area contributed by atoms with Crippen LogP contribution in [0, 0.1) is 34.0 Å². The summed E-state index contributed by atoms with van der Waals surface area (Å²) in [6.45, 7) is 9.80. The van der Waals surface area contributed by atoms with Crippen LogP contribution in [0.15, 0.2) is 23.5 Å². The molecule has 0 bridgehead atoms. The van der Waals surface area contributed by atoms with Gasteiger partial charge >= 0.3 is 29.6 Å². The van der Waals surface area contributed by atoms with Crippen LogP contribution in [0.3, 0.4) is 0 Å². The van der Waals surface area contributed by atoms with E-state index in [1.807, 2.05) is 0 Å². The Balaban J connectivity index is 0.00000420. The van der Waals surface area contributed by atoms with Crippen molar-refractivity contribution in [3.63, 3.8) is 0 Å². The van der Waals surface area contributed by atoms with Gasteiger partial charge < -0.3 is 13.6 Å². The molecular formula is C27H42NNaO8S2. The fourth-order valence-electron chi connectivity index (χ4n) is 8.98. The number of carbonyl (C=O) groups is 1. The van der Waals surface area contributed by atoms with Crippen molar-refractivity contribution in [2.75, 3.05) is 18.8 Å². The summed E-state index contributed by atoms with van der Waals surface area (Å²) in [6, 6.07) is 0. The second-order valence-electron chi connectivity index (χ2n) is 13.2. The predicted octanol–water partition coefficient (Wildman–Crippen LogP) is 1.45. The quantitative estimate of drug-likeness (QED) is 0.192. The molecule has 1 heterocycles. The molecule has 3 fully saturated rings. The molecule has 1 amide bonds. The molecule has 0 radical (unpaired) electrons. The first-order chi connectivity index (χ1) is 17.4. The van der Waals surface area contributed by atoms with Crippen LogP contribution in [0.4, 0.5) is 0 Å². The van der Waals surface area contributed by atoms with Crippen molar-refractivity contribution in [2.24, 2.45) is 34.0 Å². The number of allylic oxidation sites excluding steroid dienone is 1. The third kappa shape index (κ3) is 7.14. The van der Waals surface area contributed by atoms with Crippen LogP contribution < -0.4 is 29.6 Å². The van der Waals surface area contributed by atoms with Crippen molar-refractivity contribution >= 4 is 26.4 Å². The summed E-state index contributed by atoms with van der Waals surface area (Å²) in [5.74, 6) is 0.285. The molecule has 39 heavy (non-hydrogen) atoms. The predicted molar refractivity (Wildman–Crippen MR) is 142 cm³/mol. The van der Waals surface area contributed by atoms with Crippen LogP contribution in [-0.4, -0.2) is 55.6 Å². The Morgan fingerprint density at radius 1 is 1.08 bits per heavy atom. The third-order valence-corrected chi connectivity index (χ3v) is 11.6. The SMILES string of the molecule is CC1(C)CCC[C@]2(C)[C@H]3CC/C(=C\OS(=O)(=O)[O-])[C@H](CCC4=CC(=O)N(CCS(=O)(=O)O)C4)[C@@]3(C)CC[C@@H]12.[Na+]. The zero-order chi connectivity index (χ0) is 28.1. The maximum atomic E-state index is 12.4. The first kappa shape index (κ1) is 33.1. The normalized spacial score (nSPS) is 35.6. The average Bonchev–Trinajstić information content (AvgIpc) is 3.12. The topological polar surface area (TPSA) is 141 Å². The Morgan fingerprint density at radius 2 is 1.77 bits per heavy atom. The van der Waals surface area contributed by atoms with Gasteiger partial charge in [0.25, 0.3) is 20.5 Å². The van der Waals surface area contributed by atoms with Crippen LogP contribution in [-0.2, 0) is 29.5 Å². The van der Waals surface area contributed by atoms with Crippen molar-refractivity contribution in [3.05, 3.63) is 23.5 Å². The van der Waals surface area contributed by atoms with E-state index < -0.39 is 26.3 Å². The molecule has 216 valence electrons.